The van der Waals surface area contributed by atoms with E-state index in [9.17, 15) is 8.42 Å². The maximum Gasteiger partial charge on any atom is 0.261 e. The first-order valence-electron chi connectivity index (χ1n) is 11.2. The van der Waals surface area contributed by atoms with Gasteiger partial charge in [-0.3, -0.25) is 4.72 Å². The van der Waals surface area contributed by atoms with Crippen molar-refractivity contribution in [3.63, 3.8) is 0 Å². The molecule has 0 fully saturated rings. The minimum atomic E-state index is -3.65. The summed E-state index contributed by atoms with van der Waals surface area (Å²) < 4.78 is 29.8. The molecule has 0 aliphatic heterocycles. The minimum absolute atomic E-state index is 0.219. The fraction of sp³-hybridized carbons (Fsp3) is 0.115. The monoisotopic (exact) mass is 484 g/mol. The average molecular weight is 485 g/mol. The third-order valence-electron chi connectivity index (χ3n) is 5.58. The van der Waals surface area contributed by atoms with Crippen LogP contribution in [0.15, 0.2) is 102 Å². The van der Waals surface area contributed by atoms with Crippen LogP contribution in [-0.2, 0) is 29.5 Å². The van der Waals surface area contributed by atoms with Crippen LogP contribution in [-0.4, -0.2) is 28.2 Å². The molecule has 0 saturated carbocycles. The Bertz CT molecular complexity index is 1540. The molecule has 0 aliphatic rings. The topological polar surface area (TPSA) is 102 Å². The zero-order valence-electron chi connectivity index (χ0n) is 18.9. The van der Waals surface area contributed by atoms with Gasteiger partial charge in [0, 0.05) is 18.8 Å². The van der Waals surface area contributed by atoms with Crippen LogP contribution < -0.4 is 10.0 Å². The van der Waals surface area contributed by atoms with Gasteiger partial charge in [0.15, 0.2) is 5.65 Å². The molecule has 8 nitrogen and oxygen atoms in total. The van der Waals surface area contributed by atoms with Crippen molar-refractivity contribution in [2.24, 2.45) is 0 Å². The highest BCUT2D eigenvalue weighted by molar-refractivity contribution is 7.92. The predicted octanol–water partition coefficient (Wildman–Crippen LogP) is 4.48. The van der Waals surface area contributed by atoms with E-state index in [0.29, 0.717) is 24.6 Å². The second-order valence-corrected chi connectivity index (χ2v) is 9.72. The standard InChI is InChI=1S/C26H24N6O2S/c33-35(34,23-12-5-2-6-13-23)31-22-11-7-10-21(16-22)17-27-25-24-18-30-32(26(24)29-19-28-25)15-14-20-8-3-1-4-9-20/h1-13,16,18-19,31H,14-15,17H2,(H,27,28,29). The van der Waals surface area contributed by atoms with E-state index >= 15 is 0 Å². The highest BCUT2D eigenvalue weighted by atomic mass is 32.2. The Morgan fingerprint density at radius 2 is 1.57 bits per heavy atom. The number of nitrogens with zero attached hydrogens (tertiary/aromatic N) is 4. The number of aryl methyl sites for hydroxylation is 2. The zero-order chi connectivity index (χ0) is 24.1. The fourth-order valence-electron chi connectivity index (χ4n) is 3.82. The van der Waals surface area contributed by atoms with Crippen molar-refractivity contribution < 1.29 is 8.42 Å². The molecule has 0 atom stereocenters. The van der Waals surface area contributed by atoms with Crippen molar-refractivity contribution in [1.82, 2.24) is 19.7 Å². The van der Waals surface area contributed by atoms with Crippen molar-refractivity contribution in [1.29, 1.82) is 0 Å². The van der Waals surface area contributed by atoms with E-state index in [1.807, 2.05) is 35.0 Å². The van der Waals surface area contributed by atoms with E-state index in [2.05, 4.69) is 37.2 Å². The first-order valence-corrected chi connectivity index (χ1v) is 12.7. The summed E-state index contributed by atoms with van der Waals surface area (Å²) in [5.41, 5.74) is 3.41. The van der Waals surface area contributed by atoms with Crippen molar-refractivity contribution >= 4 is 32.6 Å². The molecule has 0 bridgehead atoms. The Morgan fingerprint density at radius 3 is 2.37 bits per heavy atom. The molecule has 2 N–H and O–H groups in total. The van der Waals surface area contributed by atoms with E-state index in [4.69, 9.17) is 0 Å². The number of anilines is 2. The first kappa shape index (κ1) is 22.5. The first-order chi connectivity index (χ1) is 17.1. The Balaban J connectivity index is 1.28. The van der Waals surface area contributed by atoms with E-state index in [1.54, 1.807) is 48.7 Å². The lowest BCUT2D eigenvalue weighted by Crippen LogP contribution is -2.13. The minimum Gasteiger partial charge on any atom is -0.365 e. The number of hydrogen-bond acceptors (Lipinski definition) is 6. The molecule has 9 heteroatoms. The molecular weight excluding hydrogens is 460 g/mol. The molecule has 0 unspecified atom stereocenters. The zero-order valence-corrected chi connectivity index (χ0v) is 19.7. The molecule has 0 radical (unpaired) electrons. The average Bonchev–Trinajstić information content (AvgIpc) is 3.31. The van der Waals surface area contributed by atoms with Gasteiger partial charge in [0.05, 0.1) is 16.5 Å². The second kappa shape index (κ2) is 9.94. The number of sulfonamides is 1. The second-order valence-electron chi connectivity index (χ2n) is 8.04. The van der Waals surface area contributed by atoms with Gasteiger partial charge >= 0.3 is 0 Å². The SMILES string of the molecule is O=S(=O)(Nc1cccc(CNc2ncnc3c2cnn3CCc2ccccc2)c1)c1ccccc1. The number of rotatable bonds is 9. The summed E-state index contributed by atoms with van der Waals surface area (Å²) in [6, 6.07) is 25.8. The van der Waals surface area contributed by atoms with Gasteiger partial charge in [0.25, 0.3) is 10.0 Å². The molecule has 2 heterocycles. The van der Waals surface area contributed by atoms with Crippen molar-refractivity contribution in [3.05, 3.63) is 109 Å². The van der Waals surface area contributed by atoms with Crippen molar-refractivity contribution in [2.75, 3.05) is 10.0 Å². The molecule has 0 saturated heterocycles. The van der Waals surface area contributed by atoms with Crippen molar-refractivity contribution in [2.45, 2.75) is 24.4 Å². The lowest BCUT2D eigenvalue weighted by atomic mass is 10.1. The summed E-state index contributed by atoms with van der Waals surface area (Å²) in [7, 11) is -3.65. The number of benzene rings is 3. The smallest absolute Gasteiger partial charge is 0.261 e. The van der Waals surface area contributed by atoms with E-state index < -0.39 is 10.0 Å². The summed E-state index contributed by atoms with van der Waals surface area (Å²) in [4.78, 5) is 9.03. The summed E-state index contributed by atoms with van der Waals surface area (Å²) in [5, 5.41) is 8.67. The fourth-order valence-corrected chi connectivity index (χ4v) is 4.89. The van der Waals surface area contributed by atoms with E-state index in [1.165, 1.54) is 11.9 Å². The maximum atomic E-state index is 12.6. The van der Waals surface area contributed by atoms with Crippen LogP contribution in [0.4, 0.5) is 11.5 Å². The van der Waals surface area contributed by atoms with Gasteiger partial charge in [-0.05, 0) is 41.8 Å². The normalized spacial score (nSPS) is 11.4. The maximum absolute atomic E-state index is 12.6. The molecule has 2 aromatic heterocycles. The quantitative estimate of drug-likeness (QED) is 0.320. The molecule has 3 aromatic carbocycles. The van der Waals surface area contributed by atoms with Crippen LogP contribution in [0, 0.1) is 0 Å². The molecule has 5 rings (SSSR count). The van der Waals surface area contributed by atoms with Crippen LogP contribution in [0.3, 0.4) is 0 Å². The van der Waals surface area contributed by atoms with Crippen LogP contribution in [0.25, 0.3) is 11.0 Å². The van der Waals surface area contributed by atoms with E-state index in [0.717, 1.165) is 23.0 Å². The molecular formula is C26H24N6O2S. The summed E-state index contributed by atoms with van der Waals surface area (Å²) in [6.45, 7) is 1.18. The molecule has 0 amide bonds. The van der Waals surface area contributed by atoms with Gasteiger partial charge in [0.1, 0.15) is 12.1 Å². The molecule has 35 heavy (non-hydrogen) atoms. The predicted molar refractivity (Wildman–Crippen MR) is 136 cm³/mol. The summed E-state index contributed by atoms with van der Waals surface area (Å²) >= 11 is 0. The Hall–Kier alpha value is -4.24. The summed E-state index contributed by atoms with van der Waals surface area (Å²) in [6.07, 6.45) is 4.15. The number of nitrogens with one attached hydrogen (secondary N) is 2. The summed E-state index contributed by atoms with van der Waals surface area (Å²) in [5.74, 6) is 0.677. The number of hydrogen-bond donors (Lipinski definition) is 2. The van der Waals surface area contributed by atoms with Gasteiger partial charge in [0.2, 0.25) is 0 Å². The van der Waals surface area contributed by atoms with Crippen LogP contribution >= 0.6 is 0 Å². The molecule has 0 aliphatic carbocycles. The lowest BCUT2D eigenvalue weighted by Gasteiger charge is -2.11. The Kier molecular flexibility index (Phi) is 6.40. The van der Waals surface area contributed by atoms with Gasteiger partial charge in [-0.25, -0.2) is 23.1 Å². The number of aromatic nitrogens is 4. The molecule has 0 spiro atoms. The van der Waals surface area contributed by atoms with Gasteiger partial charge < -0.3 is 5.32 Å². The van der Waals surface area contributed by atoms with Crippen LogP contribution in [0.1, 0.15) is 11.1 Å². The third-order valence-corrected chi connectivity index (χ3v) is 6.98. The van der Waals surface area contributed by atoms with Gasteiger partial charge in [-0.15, -0.1) is 0 Å². The van der Waals surface area contributed by atoms with Gasteiger partial charge in [-0.2, -0.15) is 5.10 Å². The highest BCUT2D eigenvalue weighted by Gasteiger charge is 2.14. The van der Waals surface area contributed by atoms with Gasteiger partial charge in [-0.1, -0.05) is 60.7 Å². The molecule has 176 valence electrons. The van der Waals surface area contributed by atoms with Crippen molar-refractivity contribution in [3.8, 4) is 0 Å². The van der Waals surface area contributed by atoms with E-state index in [-0.39, 0.29) is 4.90 Å². The highest BCUT2D eigenvalue weighted by Crippen LogP contribution is 2.21. The Labute approximate surface area is 203 Å². The molecule has 5 aromatic rings. The van der Waals surface area contributed by atoms with Crippen LogP contribution in [0.2, 0.25) is 0 Å². The Morgan fingerprint density at radius 1 is 0.829 bits per heavy atom. The lowest BCUT2D eigenvalue weighted by molar-refractivity contribution is 0.601. The van der Waals surface area contributed by atoms with Crippen LogP contribution in [0.5, 0.6) is 0 Å². The third kappa shape index (κ3) is 5.30. The largest absolute Gasteiger partial charge is 0.365 e. The number of fused-ring (bicyclic) bond motifs is 1.